The lowest BCUT2D eigenvalue weighted by molar-refractivity contribution is 0.187. The third kappa shape index (κ3) is 4.66. The first-order chi connectivity index (χ1) is 19.6. The summed E-state index contributed by atoms with van der Waals surface area (Å²) in [6, 6.07) is 16.0. The predicted octanol–water partition coefficient (Wildman–Crippen LogP) is 4.32. The topological polar surface area (TPSA) is 80.5 Å². The summed E-state index contributed by atoms with van der Waals surface area (Å²) in [6.45, 7) is 4.89. The standard InChI is InChI=1S/C31H34ClN7O/c1-37-13-4-7-23(37)19-40-31-35-27-18-38(28-9-3-6-20-5-2-8-25(32)29(20)28)14-11-24(27)30(36-31)39-16-22-15-21(10-12-33)26(17-39)34-22/h2-3,5-6,8-10,22-23,26,34H,4,7,11,13-19H2,1H3/b21-10-/t22-,23+,26-/m1/s1. The minimum atomic E-state index is 0.179. The molecule has 3 atom stereocenters. The number of aromatic nitrogens is 2. The van der Waals surface area contributed by atoms with E-state index >= 15 is 0 Å². The van der Waals surface area contributed by atoms with Crippen LogP contribution in [0.3, 0.4) is 0 Å². The zero-order chi connectivity index (χ0) is 27.2. The molecule has 1 N–H and O–H groups in total. The Labute approximate surface area is 240 Å². The largest absolute Gasteiger partial charge is 0.462 e. The molecule has 0 amide bonds. The predicted molar refractivity (Wildman–Crippen MR) is 158 cm³/mol. The van der Waals surface area contributed by atoms with Gasteiger partial charge in [0.2, 0.25) is 0 Å². The molecule has 0 spiro atoms. The van der Waals surface area contributed by atoms with Gasteiger partial charge in [-0.1, -0.05) is 35.9 Å². The Morgan fingerprint density at radius 3 is 2.85 bits per heavy atom. The Balaban J connectivity index is 1.23. The number of hydrogen-bond acceptors (Lipinski definition) is 8. The Hall–Kier alpha value is -3.38. The molecule has 9 heteroatoms. The molecule has 0 unspecified atom stereocenters. The van der Waals surface area contributed by atoms with Gasteiger partial charge in [-0.25, -0.2) is 0 Å². The molecule has 5 heterocycles. The number of nitrogens with zero attached hydrogens (tertiary/aromatic N) is 6. The van der Waals surface area contributed by atoms with Crippen LogP contribution in [0.15, 0.2) is 48.0 Å². The van der Waals surface area contributed by atoms with Crippen molar-refractivity contribution < 1.29 is 4.74 Å². The van der Waals surface area contributed by atoms with Crippen LogP contribution in [0.1, 0.15) is 30.5 Å². The van der Waals surface area contributed by atoms with Gasteiger partial charge in [0, 0.05) is 60.5 Å². The number of anilines is 2. The maximum Gasteiger partial charge on any atom is 0.318 e. The lowest BCUT2D eigenvalue weighted by Crippen LogP contribution is -2.52. The molecule has 2 aromatic carbocycles. The van der Waals surface area contributed by atoms with Crippen molar-refractivity contribution in [3.8, 4) is 12.1 Å². The number of fused-ring (bicyclic) bond motifs is 4. The van der Waals surface area contributed by atoms with Crippen LogP contribution in [0.25, 0.3) is 10.8 Å². The average Bonchev–Trinajstić information content (AvgIpc) is 3.51. The molecule has 4 aliphatic rings. The SMILES string of the molecule is CN1CCC[C@H]1COc1nc2c(c(N3C[C@H]4C/C(=C/C#N)[C@@H](C3)N4)n1)CCN(c1cccc3cccc(Cl)c13)C2. The lowest BCUT2D eigenvalue weighted by atomic mass is 10.0. The molecule has 3 saturated heterocycles. The maximum atomic E-state index is 9.27. The zero-order valence-corrected chi connectivity index (χ0v) is 23.6. The van der Waals surface area contributed by atoms with E-state index in [-0.39, 0.29) is 6.04 Å². The number of likely N-dealkylation sites (tertiary alicyclic amines) is 1. The van der Waals surface area contributed by atoms with Gasteiger partial charge in [-0.2, -0.15) is 15.2 Å². The van der Waals surface area contributed by atoms with Crippen molar-refractivity contribution >= 4 is 33.9 Å². The smallest absolute Gasteiger partial charge is 0.318 e. The Morgan fingerprint density at radius 1 is 1.15 bits per heavy atom. The van der Waals surface area contributed by atoms with Gasteiger partial charge in [-0.05, 0) is 62.4 Å². The summed E-state index contributed by atoms with van der Waals surface area (Å²) in [7, 11) is 2.16. The first-order valence-corrected chi connectivity index (χ1v) is 14.7. The highest BCUT2D eigenvalue weighted by atomic mass is 35.5. The third-order valence-corrected chi connectivity index (χ3v) is 9.35. The van der Waals surface area contributed by atoms with E-state index in [2.05, 4.69) is 57.4 Å². The lowest BCUT2D eigenvalue weighted by Gasteiger charge is -2.37. The fraction of sp³-hybridized carbons (Fsp3) is 0.452. The van der Waals surface area contributed by atoms with E-state index in [0.717, 1.165) is 78.4 Å². The fourth-order valence-electron chi connectivity index (χ4n) is 6.96. The monoisotopic (exact) mass is 555 g/mol. The van der Waals surface area contributed by atoms with Gasteiger partial charge in [0.1, 0.15) is 12.4 Å². The molecule has 0 radical (unpaired) electrons. The zero-order valence-electron chi connectivity index (χ0n) is 22.8. The van der Waals surface area contributed by atoms with Crippen LogP contribution in [0.2, 0.25) is 5.02 Å². The van der Waals surface area contributed by atoms with E-state index < -0.39 is 0 Å². The van der Waals surface area contributed by atoms with Gasteiger partial charge in [-0.3, -0.25) is 0 Å². The summed E-state index contributed by atoms with van der Waals surface area (Å²) in [5.74, 6) is 0.991. The highest BCUT2D eigenvalue weighted by molar-refractivity contribution is 6.36. The average molecular weight is 556 g/mol. The van der Waals surface area contributed by atoms with E-state index in [1.165, 1.54) is 17.6 Å². The van der Waals surface area contributed by atoms with Crippen LogP contribution in [-0.2, 0) is 13.0 Å². The molecule has 4 aliphatic heterocycles. The van der Waals surface area contributed by atoms with Gasteiger partial charge < -0.3 is 24.8 Å². The molecular formula is C31H34ClN7O. The molecule has 206 valence electrons. The first kappa shape index (κ1) is 25.6. The summed E-state index contributed by atoms with van der Waals surface area (Å²) >= 11 is 6.70. The molecule has 1 aromatic heterocycles. The number of piperazine rings is 1. The van der Waals surface area contributed by atoms with Crippen molar-refractivity contribution in [3.63, 3.8) is 0 Å². The second-order valence-electron chi connectivity index (χ2n) is 11.5. The van der Waals surface area contributed by atoms with Gasteiger partial charge in [0.25, 0.3) is 0 Å². The van der Waals surface area contributed by atoms with Crippen LogP contribution in [0, 0.1) is 11.3 Å². The van der Waals surface area contributed by atoms with Crippen molar-refractivity contribution in [2.75, 3.05) is 49.6 Å². The maximum absolute atomic E-state index is 9.27. The Morgan fingerprint density at radius 2 is 2.02 bits per heavy atom. The number of nitriles is 1. The van der Waals surface area contributed by atoms with Crippen molar-refractivity contribution in [3.05, 3.63) is 64.3 Å². The van der Waals surface area contributed by atoms with Crippen molar-refractivity contribution in [2.45, 2.75) is 50.4 Å². The number of halogens is 1. The molecule has 7 rings (SSSR count). The second-order valence-corrected chi connectivity index (χ2v) is 11.9. The molecule has 0 aliphatic carbocycles. The number of rotatable bonds is 5. The van der Waals surface area contributed by atoms with Crippen LogP contribution < -0.4 is 19.9 Å². The first-order valence-electron chi connectivity index (χ1n) is 14.3. The van der Waals surface area contributed by atoms with Crippen molar-refractivity contribution in [1.82, 2.24) is 20.2 Å². The van der Waals surface area contributed by atoms with Gasteiger partial charge in [0.15, 0.2) is 0 Å². The molecule has 3 aromatic rings. The molecular weight excluding hydrogens is 522 g/mol. The van der Waals surface area contributed by atoms with Gasteiger partial charge >= 0.3 is 6.01 Å². The Bertz CT molecular complexity index is 1510. The van der Waals surface area contributed by atoms with E-state index in [0.29, 0.717) is 31.2 Å². The fourth-order valence-corrected chi connectivity index (χ4v) is 7.24. The highest BCUT2D eigenvalue weighted by Crippen LogP contribution is 2.38. The number of benzene rings is 2. The van der Waals surface area contributed by atoms with E-state index in [9.17, 15) is 5.26 Å². The van der Waals surface area contributed by atoms with Crippen molar-refractivity contribution in [2.24, 2.45) is 0 Å². The minimum Gasteiger partial charge on any atom is -0.462 e. The highest BCUT2D eigenvalue weighted by Gasteiger charge is 2.38. The van der Waals surface area contributed by atoms with Crippen LogP contribution in [0.5, 0.6) is 6.01 Å². The molecule has 40 heavy (non-hydrogen) atoms. The van der Waals surface area contributed by atoms with Crippen molar-refractivity contribution in [1.29, 1.82) is 5.26 Å². The summed E-state index contributed by atoms with van der Waals surface area (Å²) in [4.78, 5) is 17.2. The number of nitrogens with one attached hydrogen (secondary N) is 1. The Kier molecular flexibility index (Phi) is 6.74. The molecule has 3 fully saturated rings. The minimum absolute atomic E-state index is 0.179. The number of hydrogen-bond donors (Lipinski definition) is 1. The second kappa shape index (κ2) is 10.5. The van der Waals surface area contributed by atoms with E-state index in [4.69, 9.17) is 26.3 Å². The van der Waals surface area contributed by atoms with E-state index in [1.807, 2.05) is 12.1 Å². The summed E-state index contributed by atoms with van der Waals surface area (Å²) < 4.78 is 6.32. The number of allylic oxidation sites excluding steroid dienone is 1. The summed E-state index contributed by atoms with van der Waals surface area (Å²) in [5, 5.41) is 15.9. The molecule has 8 nitrogen and oxygen atoms in total. The summed E-state index contributed by atoms with van der Waals surface area (Å²) in [6.07, 6.45) is 5.81. The number of ether oxygens (including phenoxy) is 1. The third-order valence-electron chi connectivity index (χ3n) is 9.03. The van der Waals surface area contributed by atoms with Crippen LogP contribution >= 0.6 is 11.6 Å². The quantitative estimate of drug-likeness (QED) is 0.466. The van der Waals surface area contributed by atoms with Gasteiger partial charge in [-0.15, -0.1) is 0 Å². The van der Waals surface area contributed by atoms with Gasteiger partial charge in [0.05, 0.1) is 23.3 Å². The normalized spacial score (nSPS) is 25.4. The summed E-state index contributed by atoms with van der Waals surface area (Å²) in [5.41, 5.74) is 4.56. The number of likely N-dealkylation sites (N-methyl/N-ethyl adjacent to an activating group) is 1. The van der Waals surface area contributed by atoms with Crippen LogP contribution in [0.4, 0.5) is 11.5 Å². The van der Waals surface area contributed by atoms with E-state index in [1.54, 1.807) is 6.08 Å². The van der Waals surface area contributed by atoms with Crippen LogP contribution in [-0.4, -0.2) is 72.8 Å². The molecule has 2 bridgehead atoms. The molecule has 0 saturated carbocycles.